The molecule has 14 heavy (non-hydrogen) atoms. The summed E-state index contributed by atoms with van der Waals surface area (Å²) in [4.78, 5) is 6.09. The number of aromatic nitrogens is 2. The van der Waals surface area contributed by atoms with Crippen LogP contribution in [0.15, 0.2) is 10.9 Å². The third kappa shape index (κ3) is 2.30. The van der Waals surface area contributed by atoms with Crippen molar-refractivity contribution in [3.63, 3.8) is 0 Å². The second kappa shape index (κ2) is 3.67. The van der Waals surface area contributed by atoms with Gasteiger partial charge in [0.2, 0.25) is 5.89 Å². The van der Waals surface area contributed by atoms with Gasteiger partial charge >= 0.3 is 0 Å². The Kier molecular flexibility index (Phi) is 2.52. The molecule has 2 heterocycles. The van der Waals surface area contributed by atoms with Crippen molar-refractivity contribution in [3.05, 3.63) is 12.2 Å². The molecule has 0 bridgehead atoms. The van der Waals surface area contributed by atoms with Gasteiger partial charge in [-0.1, -0.05) is 5.16 Å². The van der Waals surface area contributed by atoms with Crippen molar-refractivity contribution >= 4 is 0 Å². The van der Waals surface area contributed by atoms with Gasteiger partial charge in [0, 0.05) is 6.54 Å². The highest BCUT2D eigenvalue weighted by molar-refractivity contribution is 4.85. The molecule has 1 fully saturated rings. The highest BCUT2D eigenvalue weighted by atomic mass is 16.5. The minimum atomic E-state index is -0.571. The first-order valence-corrected chi connectivity index (χ1v) is 4.86. The average molecular weight is 197 g/mol. The van der Waals surface area contributed by atoms with Gasteiger partial charge < -0.3 is 9.63 Å². The van der Waals surface area contributed by atoms with Crippen LogP contribution in [0.5, 0.6) is 0 Å². The number of piperidine rings is 1. The van der Waals surface area contributed by atoms with Gasteiger partial charge in [-0.3, -0.25) is 4.90 Å². The van der Waals surface area contributed by atoms with Gasteiger partial charge in [-0.15, -0.1) is 0 Å². The predicted molar refractivity (Wildman–Crippen MR) is 49.4 cm³/mol. The molecule has 5 nitrogen and oxygen atoms in total. The molecule has 78 valence electrons. The highest BCUT2D eigenvalue weighted by Crippen LogP contribution is 2.21. The molecule has 0 spiro atoms. The molecule has 1 unspecified atom stereocenters. The van der Waals surface area contributed by atoms with Crippen LogP contribution in [0.3, 0.4) is 0 Å². The molecule has 5 heteroatoms. The molecule has 0 radical (unpaired) electrons. The van der Waals surface area contributed by atoms with E-state index in [1.54, 1.807) is 0 Å². The van der Waals surface area contributed by atoms with Crippen LogP contribution in [0.1, 0.15) is 25.7 Å². The standard InChI is InChI=1S/C9H15N3O2/c1-9(13)3-2-4-12(6-9)5-8-10-7-11-14-8/h7,13H,2-6H2,1H3. The molecule has 1 aromatic heterocycles. The van der Waals surface area contributed by atoms with Gasteiger partial charge in [0.1, 0.15) is 0 Å². The minimum Gasteiger partial charge on any atom is -0.389 e. The van der Waals surface area contributed by atoms with E-state index >= 15 is 0 Å². The Balaban J connectivity index is 1.92. The first kappa shape index (κ1) is 9.61. The fourth-order valence-corrected chi connectivity index (χ4v) is 1.92. The molecule has 1 N–H and O–H groups in total. The van der Waals surface area contributed by atoms with E-state index in [2.05, 4.69) is 15.0 Å². The summed E-state index contributed by atoms with van der Waals surface area (Å²) >= 11 is 0. The quantitative estimate of drug-likeness (QED) is 0.744. The van der Waals surface area contributed by atoms with E-state index in [1.807, 2.05) is 6.92 Å². The van der Waals surface area contributed by atoms with E-state index in [9.17, 15) is 5.11 Å². The summed E-state index contributed by atoms with van der Waals surface area (Å²) in [6.07, 6.45) is 3.28. The van der Waals surface area contributed by atoms with E-state index in [0.717, 1.165) is 19.4 Å². The molecular weight excluding hydrogens is 182 g/mol. The van der Waals surface area contributed by atoms with Gasteiger partial charge in [0.25, 0.3) is 0 Å². The van der Waals surface area contributed by atoms with E-state index < -0.39 is 5.60 Å². The fourth-order valence-electron chi connectivity index (χ4n) is 1.92. The van der Waals surface area contributed by atoms with Gasteiger partial charge in [-0.2, -0.15) is 4.98 Å². The van der Waals surface area contributed by atoms with Crippen molar-refractivity contribution in [2.75, 3.05) is 13.1 Å². The number of aliphatic hydroxyl groups is 1. The van der Waals surface area contributed by atoms with Crippen molar-refractivity contribution in [3.8, 4) is 0 Å². The van der Waals surface area contributed by atoms with E-state index in [-0.39, 0.29) is 0 Å². The third-order valence-electron chi connectivity index (χ3n) is 2.52. The fraction of sp³-hybridized carbons (Fsp3) is 0.778. The summed E-state index contributed by atoms with van der Waals surface area (Å²) in [6, 6.07) is 0. The monoisotopic (exact) mass is 197 g/mol. The number of likely N-dealkylation sites (tertiary alicyclic amines) is 1. The Bertz CT molecular complexity index is 284. The smallest absolute Gasteiger partial charge is 0.240 e. The lowest BCUT2D eigenvalue weighted by Crippen LogP contribution is -2.45. The second-order valence-corrected chi connectivity index (χ2v) is 4.15. The van der Waals surface area contributed by atoms with E-state index in [0.29, 0.717) is 19.0 Å². The minimum absolute atomic E-state index is 0.571. The zero-order valence-electron chi connectivity index (χ0n) is 8.31. The largest absolute Gasteiger partial charge is 0.389 e. The van der Waals surface area contributed by atoms with Gasteiger partial charge in [-0.25, -0.2) is 0 Å². The molecule has 1 atom stereocenters. The number of rotatable bonds is 2. The normalized spacial score (nSPS) is 29.3. The molecule has 1 aliphatic rings. The highest BCUT2D eigenvalue weighted by Gasteiger charge is 2.28. The van der Waals surface area contributed by atoms with Crippen LogP contribution in [0.4, 0.5) is 0 Å². The van der Waals surface area contributed by atoms with Crippen LogP contribution >= 0.6 is 0 Å². The Morgan fingerprint density at radius 3 is 3.21 bits per heavy atom. The van der Waals surface area contributed by atoms with Crippen LogP contribution in [0.25, 0.3) is 0 Å². The lowest BCUT2D eigenvalue weighted by molar-refractivity contribution is -0.0207. The van der Waals surface area contributed by atoms with Crippen molar-refractivity contribution in [1.29, 1.82) is 0 Å². The topological polar surface area (TPSA) is 62.4 Å². The van der Waals surface area contributed by atoms with Crippen LogP contribution in [0, 0.1) is 0 Å². The Morgan fingerprint density at radius 2 is 2.57 bits per heavy atom. The first-order valence-electron chi connectivity index (χ1n) is 4.86. The molecule has 0 saturated carbocycles. The Morgan fingerprint density at radius 1 is 1.71 bits per heavy atom. The lowest BCUT2D eigenvalue weighted by atomic mass is 9.95. The third-order valence-corrected chi connectivity index (χ3v) is 2.52. The molecule has 0 aromatic carbocycles. The molecule has 1 aliphatic heterocycles. The van der Waals surface area contributed by atoms with Crippen LogP contribution in [-0.4, -0.2) is 38.8 Å². The molecule has 0 aliphatic carbocycles. The molecule has 2 rings (SSSR count). The number of nitrogens with zero attached hydrogens (tertiary/aromatic N) is 3. The SMILES string of the molecule is CC1(O)CCCN(Cc2ncno2)C1. The lowest BCUT2D eigenvalue weighted by Gasteiger charge is -2.35. The molecular formula is C9H15N3O2. The predicted octanol–water partition coefficient (Wildman–Crippen LogP) is 0.416. The maximum atomic E-state index is 9.87. The molecule has 1 saturated heterocycles. The number of hydrogen-bond acceptors (Lipinski definition) is 5. The zero-order chi connectivity index (χ0) is 10.0. The van der Waals surface area contributed by atoms with Crippen LogP contribution in [0.2, 0.25) is 0 Å². The van der Waals surface area contributed by atoms with Crippen LogP contribution < -0.4 is 0 Å². The number of hydrogen-bond donors (Lipinski definition) is 1. The second-order valence-electron chi connectivity index (χ2n) is 4.15. The summed E-state index contributed by atoms with van der Waals surface area (Å²) in [5.41, 5.74) is -0.571. The summed E-state index contributed by atoms with van der Waals surface area (Å²) in [6.45, 7) is 4.16. The number of β-amino-alcohol motifs (C(OH)–C–C–N with tert-alkyl or cyclic N) is 1. The first-order chi connectivity index (χ1) is 6.66. The molecule has 1 aromatic rings. The van der Waals surface area contributed by atoms with Gasteiger partial charge in [-0.05, 0) is 26.3 Å². The zero-order valence-corrected chi connectivity index (χ0v) is 8.31. The van der Waals surface area contributed by atoms with Crippen molar-refractivity contribution in [2.24, 2.45) is 0 Å². The summed E-state index contributed by atoms with van der Waals surface area (Å²) < 4.78 is 4.92. The summed E-state index contributed by atoms with van der Waals surface area (Å²) in [5.74, 6) is 0.614. The Hall–Kier alpha value is -0.940. The van der Waals surface area contributed by atoms with E-state index in [4.69, 9.17) is 4.52 Å². The maximum absolute atomic E-state index is 9.87. The maximum Gasteiger partial charge on any atom is 0.240 e. The van der Waals surface area contributed by atoms with Crippen molar-refractivity contribution < 1.29 is 9.63 Å². The average Bonchev–Trinajstić information content (AvgIpc) is 2.54. The Labute approximate surface area is 82.7 Å². The summed E-state index contributed by atoms with van der Waals surface area (Å²) in [7, 11) is 0. The van der Waals surface area contributed by atoms with Gasteiger partial charge in [0.05, 0.1) is 12.1 Å². The van der Waals surface area contributed by atoms with E-state index in [1.165, 1.54) is 6.33 Å². The van der Waals surface area contributed by atoms with Crippen molar-refractivity contribution in [1.82, 2.24) is 15.0 Å². The van der Waals surface area contributed by atoms with Gasteiger partial charge in [0.15, 0.2) is 6.33 Å². The summed E-state index contributed by atoms with van der Waals surface area (Å²) in [5, 5.41) is 13.4. The van der Waals surface area contributed by atoms with Crippen LogP contribution in [-0.2, 0) is 6.54 Å². The molecule has 0 amide bonds. The van der Waals surface area contributed by atoms with Crippen molar-refractivity contribution in [2.45, 2.75) is 31.9 Å².